The molecule has 134 valence electrons. The molecule has 1 N–H and O–H groups in total. The van der Waals surface area contributed by atoms with E-state index in [1.165, 1.54) is 0 Å². The number of rotatable bonds is 3. The van der Waals surface area contributed by atoms with Gasteiger partial charge in [0.25, 0.3) is 5.91 Å². The van der Waals surface area contributed by atoms with Gasteiger partial charge in [0.2, 0.25) is 5.43 Å². The van der Waals surface area contributed by atoms with Crippen LogP contribution in [0.15, 0.2) is 51.9 Å². The summed E-state index contributed by atoms with van der Waals surface area (Å²) in [6.45, 7) is 2.08. The Labute approximate surface area is 164 Å². The first-order valence-corrected chi connectivity index (χ1v) is 9.41. The van der Waals surface area contributed by atoms with Crippen LogP contribution in [-0.4, -0.2) is 10.5 Å². The highest BCUT2D eigenvalue weighted by atomic mass is 79.9. The maximum Gasteiger partial charge on any atom is 0.261 e. The Morgan fingerprint density at radius 3 is 2.78 bits per heavy atom. The lowest BCUT2D eigenvalue weighted by molar-refractivity contribution is 0.102. The second-order valence-electron chi connectivity index (χ2n) is 6.78. The highest BCUT2D eigenvalue weighted by molar-refractivity contribution is 9.10. The van der Waals surface area contributed by atoms with Crippen molar-refractivity contribution in [3.05, 3.63) is 74.0 Å². The number of pyridine rings is 1. The van der Waals surface area contributed by atoms with Crippen LogP contribution in [0.3, 0.4) is 0 Å². The number of anilines is 1. The van der Waals surface area contributed by atoms with Crippen molar-refractivity contribution in [2.75, 3.05) is 5.32 Å². The lowest BCUT2D eigenvalue weighted by atomic mass is 10.1. The van der Waals surface area contributed by atoms with E-state index >= 15 is 0 Å². The van der Waals surface area contributed by atoms with Crippen LogP contribution in [0.4, 0.5) is 5.69 Å². The number of benzene rings is 2. The van der Waals surface area contributed by atoms with Gasteiger partial charge in [-0.2, -0.15) is 5.26 Å². The molecule has 2 heterocycles. The summed E-state index contributed by atoms with van der Waals surface area (Å²) < 4.78 is 2.86. The number of nitriles is 1. The van der Waals surface area contributed by atoms with Gasteiger partial charge in [-0.1, -0.05) is 28.1 Å². The second-order valence-corrected chi connectivity index (χ2v) is 7.70. The summed E-state index contributed by atoms with van der Waals surface area (Å²) in [5, 5.41) is 12.1. The summed E-state index contributed by atoms with van der Waals surface area (Å²) in [6.07, 6.45) is 2.82. The number of nitrogens with one attached hydrogen (secondary N) is 1. The van der Waals surface area contributed by atoms with Crippen molar-refractivity contribution in [3.8, 4) is 6.07 Å². The molecule has 0 spiro atoms. The Bertz CT molecular complexity index is 1170. The highest BCUT2D eigenvalue weighted by Crippen LogP contribution is 2.33. The van der Waals surface area contributed by atoms with Crippen LogP contribution < -0.4 is 10.7 Å². The van der Waals surface area contributed by atoms with Crippen LogP contribution >= 0.6 is 15.9 Å². The van der Waals surface area contributed by atoms with Gasteiger partial charge in [-0.15, -0.1) is 0 Å². The molecule has 0 fully saturated rings. The van der Waals surface area contributed by atoms with Crippen LogP contribution in [0, 0.1) is 11.3 Å². The molecule has 0 aliphatic carbocycles. The summed E-state index contributed by atoms with van der Waals surface area (Å²) in [5.74, 6) is -0.431. The molecule has 1 atom stereocenters. The second kappa shape index (κ2) is 6.67. The monoisotopic (exact) mass is 421 g/mol. The molecular weight excluding hydrogens is 406 g/mol. The fourth-order valence-electron chi connectivity index (χ4n) is 3.62. The third-order valence-corrected chi connectivity index (χ3v) is 5.36. The molecule has 4 rings (SSSR count). The molecule has 1 aliphatic rings. The van der Waals surface area contributed by atoms with E-state index in [-0.39, 0.29) is 17.0 Å². The van der Waals surface area contributed by atoms with E-state index in [1.807, 2.05) is 10.6 Å². The van der Waals surface area contributed by atoms with Crippen molar-refractivity contribution in [1.82, 2.24) is 4.57 Å². The largest absolute Gasteiger partial charge is 0.343 e. The zero-order chi connectivity index (χ0) is 19.1. The third-order valence-electron chi connectivity index (χ3n) is 4.90. The van der Waals surface area contributed by atoms with E-state index in [4.69, 9.17) is 5.26 Å². The van der Waals surface area contributed by atoms with Gasteiger partial charge < -0.3 is 9.88 Å². The SMILES string of the molecule is CC1Cc2cc(Br)cc3c(=O)c(C(=O)Nc4ccc(CC#N)cc4)cn1c23. The Kier molecular flexibility index (Phi) is 4.33. The van der Waals surface area contributed by atoms with Crippen LogP contribution in [0.25, 0.3) is 10.9 Å². The maximum atomic E-state index is 13.0. The van der Waals surface area contributed by atoms with Crippen LogP contribution in [0.1, 0.15) is 34.5 Å². The van der Waals surface area contributed by atoms with Crippen molar-refractivity contribution in [1.29, 1.82) is 5.26 Å². The van der Waals surface area contributed by atoms with Crippen LogP contribution in [0.5, 0.6) is 0 Å². The summed E-state index contributed by atoms with van der Waals surface area (Å²) in [5.41, 5.74) is 3.35. The number of hydrogen-bond acceptors (Lipinski definition) is 3. The molecule has 6 heteroatoms. The number of amides is 1. The van der Waals surface area contributed by atoms with Gasteiger partial charge >= 0.3 is 0 Å². The summed E-state index contributed by atoms with van der Waals surface area (Å²) in [7, 11) is 0. The molecule has 0 saturated heterocycles. The minimum atomic E-state index is -0.431. The molecule has 1 aromatic heterocycles. The molecule has 0 bridgehead atoms. The zero-order valence-electron chi connectivity index (χ0n) is 14.6. The summed E-state index contributed by atoms with van der Waals surface area (Å²) >= 11 is 3.46. The predicted molar refractivity (Wildman–Crippen MR) is 108 cm³/mol. The third kappa shape index (κ3) is 3.04. The Morgan fingerprint density at radius 2 is 2.07 bits per heavy atom. The minimum absolute atomic E-state index is 0.126. The van der Waals surface area contributed by atoms with Gasteiger partial charge in [-0.25, -0.2) is 0 Å². The highest BCUT2D eigenvalue weighted by Gasteiger charge is 2.25. The molecule has 1 aliphatic heterocycles. The van der Waals surface area contributed by atoms with E-state index in [9.17, 15) is 9.59 Å². The molecule has 27 heavy (non-hydrogen) atoms. The average molecular weight is 422 g/mol. The van der Waals surface area contributed by atoms with Crippen molar-refractivity contribution >= 4 is 38.4 Å². The lowest BCUT2D eigenvalue weighted by Gasteiger charge is -2.13. The fraction of sp³-hybridized carbons (Fsp3) is 0.190. The molecule has 0 radical (unpaired) electrons. The number of hydrogen-bond donors (Lipinski definition) is 1. The Hall–Kier alpha value is -2.91. The molecule has 5 nitrogen and oxygen atoms in total. The minimum Gasteiger partial charge on any atom is -0.343 e. The van der Waals surface area contributed by atoms with Crippen LogP contribution in [-0.2, 0) is 12.8 Å². The molecular formula is C21H16BrN3O2. The van der Waals surface area contributed by atoms with Gasteiger partial charge in [-0.3, -0.25) is 9.59 Å². The van der Waals surface area contributed by atoms with Gasteiger partial charge in [0.05, 0.1) is 18.0 Å². The Morgan fingerprint density at radius 1 is 1.33 bits per heavy atom. The first-order chi connectivity index (χ1) is 13.0. The number of carbonyl (C=O) groups excluding carboxylic acids is 1. The molecule has 1 unspecified atom stereocenters. The first kappa shape index (κ1) is 17.5. The summed E-state index contributed by atoms with van der Waals surface area (Å²) in [6, 6.07) is 13.1. The standard InChI is InChI=1S/C21H16BrN3O2/c1-12-8-14-9-15(22)10-17-19(14)25(12)11-18(20(17)26)21(27)24-16-4-2-13(3-5-16)6-7-23/h2-5,9-12H,6,8H2,1H3,(H,24,27). The van der Waals surface area contributed by atoms with E-state index in [0.29, 0.717) is 17.5 Å². The topological polar surface area (TPSA) is 74.9 Å². The van der Waals surface area contributed by atoms with E-state index in [1.54, 1.807) is 36.5 Å². The quantitative estimate of drug-likeness (QED) is 0.688. The normalized spacial score (nSPS) is 14.9. The van der Waals surface area contributed by atoms with Gasteiger partial charge in [0, 0.05) is 27.8 Å². The van der Waals surface area contributed by atoms with Gasteiger partial charge in [0.15, 0.2) is 0 Å². The predicted octanol–water partition coefficient (Wildman–Crippen LogP) is 4.20. The van der Waals surface area contributed by atoms with E-state index < -0.39 is 5.91 Å². The van der Waals surface area contributed by atoms with Crippen molar-refractivity contribution in [2.45, 2.75) is 25.8 Å². The van der Waals surface area contributed by atoms with Crippen LogP contribution in [0.2, 0.25) is 0 Å². The summed E-state index contributed by atoms with van der Waals surface area (Å²) in [4.78, 5) is 25.7. The van der Waals surface area contributed by atoms with E-state index in [2.05, 4.69) is 34.2 Å². The van der Waals surface area contributed by atoms with Crippen molar-refractivity contribution in [2.24, 2.45) is 0 Å². The van der Waals surface area contributed by atoms with Crippen molar-refractivity contribution < 1.29 is 4.79 Å². The number of aromatic nitrogens is 1. The molecule has 0 saturated carbocycles. The first-order valence-electron chi connectivity index (χ1n) is 8.62. The molecule has 1 amide bonds. The Balaban J connectivity index is 1.74. The smallest absolute Gasteiger partial charge is 0.261 e. The van der Waals surface area contributed by atoms with E-state index in [0.717, 1.165) is 27.5 Å². The average Bonchev–Trinajstić information content (AvgIpc) is 2.95. The maximum absolute atomic E-state index is 13.0. The number of nitrogens with zero attached hydrogens (tertiary/aromatic N) is 2. The van der Waals surface area contributed by atoms with Gasteiger partial charge in [0.1, 0.15) is 5.56 Å². The lowest BCUT2D eigenvalue weighted by Crippen LogP contribution is -2.23. The molecule has 3 aromatic rings. The number of carbonyl (C=O) groups is 1. The zero-order valence-corrected chi connectivity index (χ0v) is 16.2. The van der Waals surface area contributed by atoms with Gasteiger partial charge in [-0.05, 0) is 48.7 Å². The number of halogens is 1. The van der Waals surface area contributed by atoms with Crippen molar-refractivity contribution in [3.63, 3.8) is 0 Å². The fourth-order valence-corrected chi connectivity index (χ4v) is 4.12. The molecule has 2 aromatic carbocycles.